The second-order valence-corrected chi connectivity index (χ2v) is 4.59. The number of alkyl halides is 1. The second kappa shape index (κ2) is 6.96. The molecule has 0 aliphatic rings. The van der Waals surface area contributed by atoms with E-state index in [1.54, 1.807) is 19.4 Å². The fourth-order valence-electron chi connectivity index (χ4n) is 1.25. The van der Waals surface area contributed by atoms with Crippen molar-refractivity contribution in [3.63, 3.8) is 0 Å². The highest BCUT2D eigenvalue weighted by Gasteiger charge is 2.15. The Bertz CT molecular complexity index is 409. The van der Waals surface area contributed by atoms with Crippen LogP contribution in [-0.4, -0.2) is 40.8 Å². The van der Waals surface area contributed by atoms with Crippen LogP contribution in [0.25, 0.3) is 0 Å². The first kappa shape index (κ1) is 14.4. The fraction of sp³-hybridized carbons (Fsp3) is 0.417. The third kappa shape index (κ3) is 4.71. The van der Waals surface area contributed by atoms with E-state index in [-0.39, 0.29) is 0 Å². The zero-order chi connectivity index (χ0) is 13.5. The van der Waals surface area contributed by atoms with E-state index >= 15 is 0 Å². The van der Waals surface area contributed by atoms with Gasteiger partial charge in [0.1, 0.15) is 5.38 Å². The molecule has 0 radical (unpaired) electrons. The molecule has 0 bridgehead atoms. The Morgan fingerprint density at radius 3 is 2.61 bits per heavy atom. The Morgan fingerprint density at radius 1 is 1.44 bits per heavy atom. The third-order valence-electron chi connectivity index (χ3n) is 2.42. The van der Waals surface area contributed by atoms with E-state index in [1.807, 2.05) is 12.1 Å². The van der Waals surface area contributed by atoms with Crippen LogP contribution in [0.4, 0.5) is 4.79 Å². The maximum absolute atomic E-state index is 11.6. The lowest BCUT2D eigenvalue weighted by atomic mass is 10.2. The Morgan fingerprint density at radius 2 is 2.06 bits per heavy atom. The number of nitrogens with one attached hydrogen (secondary N) is 1. The molecule has 1 aromatic heterocycles. The van der Waals surface area contributed by atoms with Crippen LogP contribution in [0, 0.1) is 0 Å². The number of carbonyl (C=O) groups excluding carboxylic acids is 2. The van der Waals surface area contributed by atoms with Crippen LogP contribution in [0.1, 0.15) is 12.5 Å². The highest BCUT2D eigenvalue weighted by atomic mass is 35.5. The lowest BCUT2D eigenvalue weighted by Crippen LogP contribution is -2.43. The van der Waals surface area contributed by atoms with Crippen molar-refractivity contribution in [1.29, 1.82) is 0 Å². The summed E-state index contributed by atoms with van der Waals surface area (Å²) in [6.07, 6.45) is 4.11. The molecule has 18 heavy (non-hydrogen) atoms. The van der Waals surface area contributed by atoms with Gasteiger partial charge in [0.25, 0.3) is 0 Å². The molecular weight excluding hydrogens is 254 g/mol. The molecule has 0 fully saturated rings. The number of imide groups is 1. The minimum atomic E-state index is -0.720. The topological polar surface area (TPSA) is 62.3 Å². The first-order valence-electron chi connectivity index (χ1n) is 5.59. The molecule has 0 aromatic carbocycles. The molecule has 1 N–H and O–H groups in total. The smallest absolute Gasteiger partial charge is 0.323 e. The van der Waals surface area contributed by atoms with Crippen molar-refractivity contribution in [2.75, 3.05) is 13.6 Å². The molecule has 0 aliphatic heterocycles. The molecule has 98 valence electrons. The molecule has 1 atom stereocenters. The summed E-state index contributed by atoms with van der Waals surface area (Å²) in [5.74, 6) is -0.488. The highest BCUT2D eigenvalue weighted by molar-refractivity contribution is 6.31. The van der Waals surface area contributed by atoms with E-state index in [9.17, 15) is 9.59 Å². The number of carbonyl (C=O) groups is 2. The summed E-state index contributed by atoms with van der Waals surface area (Å²) >= 11 is 5.56. The predicted molar refractivity (Wildman–Crippen MR) is 69.4 cm³/mol. The van der Waals surface area contributed by atoms with Crippen LogP contribution in [0.3, 0.4) is 0 Å². The first-order chi connectivity index (χ1) is 8.50. The summed E-state index contributed by atoms with van der Waals surface area (Å²) in [4.78, 5) is 28.2. The van der Waals surface area contributed by atoms with Crippen molar-refractivity contribution in [1.82, 2.24) is 15.2 Å². The van der Waals surface area contributed by atoms with Gasteiger partial charge in [-0.15, -0.1) is 11.6 Å². The van der Waals surface area contributed by atoms with Gasteiger partial charge >= 0.3 is 6.03 Å². The average molecular weight is 270 g/mol. The number of urea groups is 1. The van der Waals surface area contributed by atoms with E-state index in [1.165, 1.54) is 11.8 Å². The molecule has 1 aromatic rings. The minimum absolute atomic E-state index is 0.443. The molecule has 3 amide bonds. The number of nitrogens with zero attached hydrogens (tertiary/aromatic N) is 2. The number of pyridine rings is 1. The van der Waals surface area contributed by atoms with Gasteiger partial charge in [0.2, 0.25) is 5.91 Å². The van der Waals surface area contributed by atoms with Crippen molar-refractivity contribution in [2.24, 2.45) is 0 Å². The molecule has 1 heterocycles. The molecule has 5 nitrogen and oxygen atoms in total. The van der Waals surface area contributed by atoms with Gasteiger partial charge in [-0.05, 0) is 31.0 Å². The Labute approximate surface area is 111 Å². The second-order valence-electron chi connectivity index (χ2n) is 3.94. The molecule has 0 aliphatic carbocycles. The first-order valence-corrected chi connectivity index (χ1v) is 6.03. The Hall–Kier alpha value is -1.62. The van der Waals surface area contributed by atoms with Crippen LogP contribution >= 0.6 is 11.6 Å². The largest absolute Gasteiger partial charge is 0.327 e. The van der Waals surface area contributed by atoms with Gasteiger partial charge in [-0.25, -0.2) is 4.79 Å². The molecule has 6 heteroatoms. The lowest BCUT2D eigenvalue weighted by molar-refractivity contribution is -0.119. The van der Waals surface area contributed by atoms with Crippen LogP contribution in [-0.2, 0) is 11.2 Å². The van der Waals surface area contributed by atoms with Gasteiger partial charge in [-0.2, -0.15) is 0 Å². The Balaban J connectivity index is 2.39. The molecule has 1 unspecified atom stereocenters. The van der Waals surface area contributed by atoms with Gasteiger partial charge in [0, 0.05) is 26.0 Å². The number of likely N-dealkylation sites (N-methyl/N-ethyl adjacent to an activating group) is 1. The average Bonchev–Trinajstić information content (AvgIpc) is 2.36. The summed E-state index contributed by atoms with van der Waals surface area (Å²) in [5, 5.41) is 1.50. The molecule has 1 rings (SSSR count). The Kier molecular flexibility index (Phi) is 5.58. The van der Waals surface area contributed by atoms with Crippen molar-refractivity contribution in [3.8, 4) is 0 Å². The van der Waals surface area contributed by atoms with Gasteiger partial charge in [0.15, 0.2) is 0 Å². The van der Waals surface area contributed by atoms with Crippen LogP contribution < -0.4 is 5.32 Å². The summed E-state index contributed by atoms with van der Waals surface area (Å²) in [7, 11) is 1.63. The summed E-state index contributed by atoms with van der Waals surface area (Å²) < 4.78 is 0. The van der Waals surface area contributed by atoms with Crippen molar-refractivity contribution < 1.29 is 9.59 Å². The predicted octanol–water partition coefficient (Wildman–Crippen LogP) is 1.42. The van der Waals surface area contributed by atoms with E-state index in [4.69, 9.17) is 11.6 Å². The third-order valence-corrected chi connectivity index (χ3v) is 2.62. The fourth-order valence-corrected chi connectivity index (χ4v) is 1.30. The summed E-state index contributed by atoms with van der Waals surface area (Å²) in [6.45, 7) is 2.03. The normalized spacial score (nSPS) is 11.7. The van der Waals surface area contributed by atoms with Crippen LogP contribution in [0.2, 0.25) is 0 Å². The van der Waals surface area contributed by atoms with Gasteiger partial charge in [-0.1, -0.05) is 0 Å². The maximum atomic E-state index is 11.6. The molecule has 0 spiro atoms. The van der Waals surface area contributed by atoms with Gasteiger partial charge in [0.05, 0.1) is 0 Å². The zero-order valence-electron chi connectivity index (χ0n) is 10.4. The van der Waals surface area contributed by atoms with E-state index < -0.39 is 17.3 Å². The lowest BCUT2D eigenvalue weighted by Gasteiger charge is -2.17. The van der Waals surface area contributed by atoms with E-state index in [0.717, 1.165) is 5.56 Å². The van der Waals surface area contributed by atoms with Crippen LogP contribution in [0.5, 0.6) is 0 Å². The number of hydrogen-bond donors (Lipinski definition) is 1. The van der Waals surface area contributed by atoms with Gasteiger partial charge < -0.3 is 4.90 Å². The maximum Gasteiger partial charge on any atom is 0.323 e. The number of rotatable bonds is 4. The molecular formula is C12H16ClN3O2. The summed E-state index contributed by atoms with van der Waals surface area (Å²) in [6, 6.07) is 3.33. The van der Waals surface area contributed by atoms with Crippen molar-refractivity contribution in [3.05, 3.63) is 30.1 Å². The number of hydrogen-bond acceptors (Lipinski definition) is 3. The van der Waals surface area contributed by atoms with Crippen LogP contribution in [0.15, 0.2) is 24.5 Å². The zero-order valence-corrected chi connectivity index (χ0v) is 11.1. The highest BCUT2D eigenvalue weighted by Crippen LogP contribution is 1.99. The standard InChI is InChI=1S/C12H16ClN3O2/c1-9(13)11(17)15-12(18)16(2)8-5-10-3-6-14-7-4-10/h3-4,6-7,9H,5,8H2,1-2H3,(H,15,17,18). The molecule has 0 saturated carbocycles. The number of halogens is 1. The SMILES string of the molecule is CC(Cl)C(=O)NC(=O)N(C)CCc1ccncc1. The van der Waals surface area contributed by atoms with E-state index in [0.29, 0.717) is 13.0 Å². The quantitative estimate of drug-likeness (QED) is 0.841. The number of aromatic nitrogens is 1. The molecule has 0 saturated heterocycles. The minimum Gasteiger partial charge on any atom is -0.327 e. The summed E-state index contributed by atoms with van der Waals surface area (Å²) in [5.41, 5.74) is 1.08. The number of amides is 3. The van der Waals surface area contributed by atoms with Crippen molar-refractivity contribution in [2.45, 2.75) is 18.7 Å². The monoisotopic (exact) mass is 269 g/mol. The van der Waals surface area contributed by atoms with Gasteiger partial charge in [-0.3, -0.25) is 15.1 Å². The van der Waals surface area contributed by atoms with Crippen molar-refractivity contribution >= 4 is 23.5 Å². The van der Waals surface area contributed by atoms with E-state index in [2.05, 4.69) is 10.3 Å².